The highest BCUT2D eigenvalue weighted by molar-refractivity contribution is 6.29. The largest absolute Gasteiger partial charge is 0.507 e. The molecule has 4 aliphatic rings. The van der Waals surface area contributed by atoms with Gasteiger partial charge in [-0.2, -0.15) is 0 Å². The van der Waals surface area contributed by atoms with E-state index in [9.17, 15) is 54.3 Å². The molecule has 0 bridgehead atoms. The highest BCUT2D eigenvalue weighted by Crippen LogP contribution is 2.56. The number of fused-ring (bicyclic) bond motifs is 3. The van der Waals surface area contributed by atoms with E-state index in [1.807, 2.05) is 0 Å². The fourth-order valence-electron chi connectivity index (χ4n) is 8.48. The number of rotatable bonds is 7. The zero-order valence-corrected chi connectivity index (χ0v) is 32.1. The van der Waals surface area contributed by atoms with Crippen LogP contribution in [0.2, 0.25) is 0 Å². The van der Waals surface area contributed by atoms with E-state index >= 15 is 0 Å². The maximum atomic E-state index is 14.8. The summed E-state index contributed by atoms with van der Waals surface area (Å²) in [4.78, 5) is 81.1. The van der Waals surface area contributed by atoms with Gasteiger partial charge in [0.15, 0.2) is 41.1 Å². The van der Waals surface area contributed by atoms with Crippen molar-refractivity contribution in [3.63, 3.8) is 0 Å². The van der Waals surface area contributed by atoms with Gasteiger partial charge in [0.1, 0.15) is 24.1 Å². The van der Waals surface area contributed by atoms with Crippen molar-refractivity contribution in [1.82, 2.24) is 0 Å². The van der Waals surface area contributed by atoms with Crippen molar-refractivity contribution in [3.8, 4) is 5.75 Å². The Balaban J connectivity index is 1.36. The molecule has 308 valence electrons. The van der Waals surface area contributed by atoms with Crippen LogP contribution in [-0.4, -0.2) is 115 Å². The third-order valence-electron chi connectivity index (χ3n) is 11.2. The maximum Gasteiger partial charge on any atom is 0.338 e. The Hall–Kier alpha value is -6.04. The van der Waals surface area contributed by atoms with Crippen LogP contribution in [0, 0.1) is 0 Å². The van der Waals surface area contributed by atoms with Crippen molar-refractivity contribution < 1.29 is 78.0 Å². The number of hydrogen-bond donors (Lipinski definition) is 5. The first-order valence-corrected chi connectivity index (χ1v) is 18.6. The molecule has 0 unspecified atom stereocenters. The summed E-state index contributed by atoms with van der Waals surface area (Å²) in [6.07, 6.45) is -12.5. The number of phenols is 1. The molecule has 3 aromatic rings. The van der Waals surface area contributed by atoms with Crippen LogP contribution in [0.1, 0.15) is 87.2 Å². The molecule has 3 aliphatic carbocycles. The van der Waals surface area contributed by atoms with Gasteiger partial charge >= 0.3 is 23.9 Å². The molecule has 1 saturated heterocycles. The van der Waals surface area contributed by atoms with Crippen LogP contribution in [0.25, 0.3) is 0 Å². The molecular formula is C43H40O16. The number of phenolic OH excluding ortho intramolecular Hbond substituents is 1. The summed E-state index contributed by atoms with van der Waals surface area (Å²) in [7, 11) is 0. The lowest BCUT2D eigenvalue weighted by molar-refractivity contribution is -0.276. The van der Waals surface area contributed by atoms with Gasteiger partial charge in [-0.25, -0.2) is 9.59 Å². The average Bonchev–Trinajstić information content (AvgIpc) is 3.20. The van der Waals surface area contributed by atoms with E-state index < -0.39 is 124 Å². The first-order chi connectivity index (χ1) is 27.9. The summed E-state index contributed by atoms with van der Waals surface area (Å²) in [6, 6.07) is 17.8. The Kier molecular flexibility index (Phi) is 10.7. The standard InChI is InChI=1S/C43H40O16/c1-19-17-29(59-41(52)24-13-9-6-10-14-24)42(53)32-31(37(50)39(57-22(4)45)43(42,54)38(19)56-21(3)44)36(49)30-26(35(32)48)16-15-25(34(30)47)27-18-28(33(46)20(2)55-27)58-40(51)23-11-7-5-8-12-23/h5-17,20,27-29,33,37-39,46-47,50,53-54H,18H2,1-4H3/t20-,27-,28-,29+,33-,37+,38-,39+,42-,43+/m1/s1. The summed E-state index contributed by atoms with van der Waals surface area (Å²) >= 11 is 0. The minimum atomic E-state index is -3.29. The van der Waals surface area contributed by atoms with Crippen molar-refractivity contribution in [1.29, 1.82) is 0 Å². The van der Waals surface area contributed by atoms with E-state index in [0.29, 0.717) is 0 Å². The molecule has 16 heteroatoms. The van der Waals surface area contributed by atoms with Crippen LogP contribution in [0.3, 0.4) is 0 Å². The van der Waals surface area contributed by atoms with Gasteiger partial charge in [0, 0.05) is 42.5 Å². The first-order valence-electron chi connectivity index (χ1n) is 18.6. The Morgan fingerprint density at radius 3 is 1.93 bits per heavy atom. The predicted molar refractivity (Wildman–Crippen MR) is 200 cm³/mol. The van der Waals surface area contributed by atoms with E-state index in [2.05, 4.69) is 0 Å². The minimum Gasteiger partial charge on any atom is -0.507 e. The molecule has 5 N–H and O–H groups in total. The second-order valence-corrected chi connectivity index (χ2v) is 14.9. The van der Waals surface area contributed by atoms with Gasteiger partial charge < -0.3 is 49.2 Å². The summed E-state index contributed by atoms with van der Waals surface area (Å²) in [5.41, 5.74) is -9.54. The van der Waals surface area contributed by atoms with Gasteiger partial charge in [-0.15, -0.1) is 0 Å². The molecule has 59 heavy (non-hydrogen) atoms. The van der Waals surface area contributed by atoms with Gasteiger partial charge in [-0.05, 0) is 55.8 Å². The van der Waals surface area contributed by atoms with Gasteiger partial charge in [-0.1, -0.05) is 42.5 Å². The van der Waals surface area contributed by atoms with E-state index in [0.717, 1.165) is 26.0 Å². The highest BCUT2D eigenvalue weighted by Gasteiger charge is 2.76. The average molecular weight is 813 g/mol. The highest BCUT2D eigenvalue weighted by atomic mass is 16.6. The number of ether oxygens (including phenoxy) is 5. The molecule has 10 atom stereocenters. The van der Waals surface area contributed by atoms with Crippen LogP contribution >= 0.6 is 0 Å². The SMILES string of the molecule is CC(=O)O[C@@H]1C(C)=C[C@H](OC(=O)c2ccccc2)[C@@]2(O)C3=C(C(=O)c4c(ccc([C@H]5C[C@@H](OC(=O)c6ccccc6)[C@H](O)[C@@H](C)O5)c4O)C3=O)[C@H](O)[C@H](OC(C)=O)[C@@]12O. The Bertz CT molecular complexity index is 2320. The van der Waals surface area contributed by atoms with Crippen LogP contribution < -0.4 is 0 Å². The molecule has 1 aliphatic heterocycles. The van der Waals surface area contributed by atoms with Crippen molar-refractivity contribution in [3.05, 3.63) is 123 Å². The number of carbonyl (C=O) groups is 6. The maximum absolute atomic E-state index is 14.8. The lowest BCUT2D eigenvalue weighted by Gasteiger charge is -2.59. The molecule has 0 spiro atoms. The lowest BCUT2D eigenvalue weighted by atomic mass is 9.54. The molecule has 0 radical (unpaired) electrons. The van der Waals surface area contributed by atoms with Crippen LogP contribution in [0.4, 0.5) is 0 Å². The van der Waals surface area contributed by atoms with E-state index in [4.69, 9.17) is 23.7 Å². The zero-order valence-electron chi connectivity index (χ0n) is 32.1. The number of aromatic hydroxyl groups is 1. The van der Waals surface area contributed by atoms with Gasteiger partial charge in [0.2, 0.25) is 0 Å². The molecular weight excluding hydrogens is 772 g/mol. The van der Waals surface area contributed by atoms with Crippen LogP contribution in [0.15, 0.2) is 95.6 Å². The Morgan fingerprint density at radius 2 is 1.36 bits per heavy atom. The van der Waals surface area contributed by atoms with Crippen molar-refractivity contribution in [2.24, 2.45) is 0 Å². The smallest absolute Gasteiger partial charge is 0.338 e. The second-order valence-electron chi connectivity index (χ2n) is 14.9. The number of hydrogen-bond acceptors (Lipinski definition) is 16. The van der Waals surface area contributed by atoms with Crippen molar-refractivity contribution >= 4 is 35.4 Å². The van der Waals surface area contributed by atoms with E-state index in [-0.39, 0.29) is 28.7 Å². The molecule has 16 nitrogen and oxygen atoms in total. The van der Waals surface area contributed by atoms with Gasteiger partial charge in [0.05, 0.1) is 28.9 Å². The third-order valence-corrected chi connectivity index (χ3v) is 11.2. The van der Waals surface area contributed by atoms with Crippen molar-refractivity contribution in [2.45, 2.75) is 94.1 Å². The second kappa shape index (κ2) is 15.3. The van der Waals surface area contributed by atoms with Crippen LogP contribution in [0.5, 0.6) is 5.75 Å². The van der Waals surface area contributed by atoms with Gasteiger partial charge in [0.25, 0.3) is 0 Å². The van der Waals surface area contributed by atoms with E-state index in [1.54, 1.807) is 24.3 Å². The summed E-state index contributed by atoms with van der Waals surface area (Å²) in [5, 5.41) is 60.6. The molecule has 0 amide bonds. The lowest BCUT2D eigenvalue weighted by Crippen LogP contribution is -2.80. The summed E-state index contributed by atoms with van der Waals surface area (Å²) in [5.74, 6) is -7.23. The summed E-state index contributed by atoms with van der Waals surface area (Å²) in [6.45, 7) is 4.70. The Morgan fingerprint density at radius 1 is 0.780 bits per heavy atom. The molecule has 1 heterocycles. The molecule has 0 saturated carbocycles. The number of esters is 4. The summed E-state index contributed by atoms with van der Waals surface area (Å²) < 4.78 is 28.2. The third kappa shape index (κ3) is 6.62. The first kappa shape index (κ1) is 41.1. The quantitative estimate of drug-likeness (QED) is 0.131. The minimum absolute atomic E-state index is 0.0212. The van der Waals surface area contributed by atoms with Crippen molar-refractivity contribution in [2.75, 3.05) is 0 Å². The van der Waals surface area contributed by atoms with E-state index in [1.165, 1.54) is 56.3 Å². The number of aliphatic hydroxyl groups excluding tert-OH is 2. The number of ketones is 2. The fraction of sp³-hybridized carbons (Fsp3) is 0.349. The monoisotopic (exact) mass is 812 g/mol. The number of aliphatic hydroxyl groups is 4. The predicted octanol–water partition coefficient (Wildman–Crippen LogP) is 2.39. The van der Waals surface area contributed by atoms with Crippen LogP contribution in [-0.2, 0) is 33.3 Å². The molecule has 3 aromatic carbocycles. The molecule has 7 rings (SSSR count). The van der Waals surface area contributed by atoms with Gasteiger partial charge in [-0.3, -0.25) is 19.2 Å². The zero-order chi connectivity index (χ0) is 42.7. The fourth-order valence-corrected chi connectivity index (χ4v) is 8.48. The topological polar surface area (TPSA) is 250 Å². The Labute approximate surface area is 336 Å². The molecule has 0 aromatic heterocycles. The number of benzene rings is 3. The number of carbonyl (C=O) groups excluding carboxylic acids is 6. The number of Topliss-reactive ketones (excluding diaryl/α,β-unsaturated/α-hetero) is 2. The normalized spacial score (nSPS) is 31.2. The molecule has 1 fully saturated rings.